The van der Waals surface area contributed by atoms with Gasteiger partial charge in [-0.3, -0.25) is 0 Å². The van der Waals surface area contributed by atoms with Crippen LogP contribution in [0.1, 0.15) is 16.5 Å². The van der Waals surface area contributed by atoms with E-state index >= 15 is 0 Å². The fourth-order valence-corrected chi connectivity index (χ4v) is 3.54. The number of halogens is 3. The molecule has 0 heterocycles. The van der Waals surface area contributed by atoms with Crippen molar-refractivity contribution in [1.29, 1.82) is 0 Å². The molecule has 2 rings (SSSR count). The molecule has 0 spiro atoms. The van der Waals surface area contributed by atoms with Crippen molar-refractivity contribution in [3.63, 3.8) is 0 Å². The summed E-state index contributed by atoms with van der Waals surface area (Å²) in [6.07, 6.45) is 0. The van der Waals surface area contributed by atoms with Crippen molar-refractivity contribution in [3.8, 4) is 11.5 Å². The van der Waals surface area contributed by atoms with Crippen LogP contribution in [0.3, 0.4) is 0 Å². The minimum absolute atomic E-state index is 0.332. The van der Waals surface area contributed by atoms with Gasteiger partial charge in [0.1, 0.15) is 16.5 Å². The highest BCUT2D eigenvalue weighted by molar-refractivity contribution is 14.1. The molecular weight excluding hydrogens is 410 g/mol. The summed E-state index contributed by atoms with van der Waals surface area (Å²) < 4.78 is 11.7. The highest BCUT2D eigenvalue weighted by atomic mass is 127. The number of alkyl halides is 1. The number of hydrogen-bond donors (Lipinski definition) is 0. The van der Waals surface area contributed by atoms with Gasteiger partial charge in [-0.25, -0.2) is 0 Å². The summed E-state index contributed by atoms with van der Waals surface area (Å²) >= 11 is 15.1. The normalized spacial score (nSPS) is 12.1. The van der Waals surface area contributed by atoms with Crippen molar-refractivity contribution >= 4 is 45.8 Å². The van der Waals surface area contributed by atoms with E-state index < -0.39 is 0 Å². The zero-order valence-corrected chi connectivity index (χ0v) is 14.7. The Morgan fingerprint density at radius 2 is 1.70 bits per heavy atom. The monoisotopic (exact) mass is 422 g/mol. The standard InChI is InChI=1S/C15H13Cl2IO2/c1-19-12-8-7-10(15(20-2)14(12)17)13(16)9-5-3-4-6-11(9)18/h3-8,13H,1-2H3. The van der Waals surface area contributed by atoms with Gasteiger partial charge in [-0.15, -0.1) is 11.6 Å². The molecule has 0 radical (unpaired) electrons. The first-order chi connectivity index (χ1) is 9.60. The summed E-state index contributed by atoms with van der Waals surface area (Å²) in [6, 6.07) is 11.6. The second-order valence-electron chi connectivity index (χ2n) is 4.09. The lowest BCUT2D eigenvalue weighted by atomic mass is 10.0. The molecule has 0 aliphatic carbocycles. The van der Waals surface area contributed by atoms with Crippen LogP contribution < -0.4 is 9.47 Å². The van der Waals surface area contributed by atoms with E-state index in [1.807, 2.05) is 30.3 Å². The van der Waals surface area contributed by atoms with E-state index in [9.17, 15) is 0 Å². The fraction of sp³-hybridized carbons (Fsp3) is 0.200. The third-order valence-corrected chi connectivity index (χ3v) is 4.78. The molecule has 0 aromatic heterocycles. The van der Waals surface area contributed by atoms with Gasteiger partial charge < -0.3 is 9.47 Å². The van der Waals surface area contributed by atoms with E-state index in [1.165, 1.54) is 0 Å². The molecule has 2 nitrogen and oxygen atoms in total. The third-order valence-electron chi connectivity index (χ3n) is 2.97. The Bertz CT molecular complexity index is 617. The minimum Gasteiger partial charge on any atom is -0.495 e. The van der Waals surface area contributed by atoms with Crippen molar-refractivity contribution in [3.05, 3.63) is 56.1 Å². The highest BCUT2D eigenvalue weighted by Crippen LogP contribution is 2.43. The molecule has 5 heteroatoms. The molecule has 0 bridgehead atoms. The number of benzene rings is 2. The van der Waals surface area contributed by atoms with Crippen molar-refractivity contribution in [2.45, 2.75) is 5.38 Å². The highest BCUT2D eigenvalue weighted by Gasteiger charge is 2.21. The predicted molar refractivity (Wildman–Crippen MR) is 91.4 cm³/mol. The molecule has 20 heavy (non-hydrogen) atoms. The van der Waals surface area contributed by atoms with E-state index in [2.05, 4.69) is 22.6 Å². The topological polar surface area (TPSA) is 18.5 Å². The molecular formula is C15H13Cl2IO2. The van der Waals surface area contributed by atoms with Crippen molar-refractivity contribution in [1.82, 2.24) is 0 Å². The Labute approximate surface area is 142 Å². The lowest BCUT2D eigenvalue weighted by Gasteiger charge is -2.18. The largest absolute Gasteiger partial charge is 0.495 e. The molecule has 0 N–H and O–H groups in total. The number of rotatable bonds is 4. The van der Waals surface area contributed by atoms with Gasteiger partial charge in [0.25, 0.3) is 0 Å². The Balaban J connectivity index is 2.53. The van der Waals surface area contributed by atoms with Gasteiger partial charge in [-0.1, -0.05) is 29.8 Å². The number of methoxy groups -OCH3 is 2. The van der Waals surface area contributed by atoms with Gasteiger partial charge in [0.2, 0.25) is 0 Å². The molecule has 106 valence electrons. The molecule has 1 atom stereocenters. The van der Waals surface area contributed by atoms with Crippen molar-refractivity contribution in [2.24, 2.45) is 0 Å². The Kier molecular flexibility index (Phi) is 5.41. The lowest BCUT2D eigenvalue weighted by molar-refractivity contribution is 0.392. The average Bonchev–Trinajstić information content (AvgIpc) is 2.46. The van der Waals surface area contributed by atoms with Crippen LogP contribution in [0.4, 0.5) is 0 Å². The van der Waals surface area contributed by atoms with E-state index in [1.54, 1.807) is 20.3 Å². The maximum Gasteiger partial charge on any atom is 0.146 e. The number of hydrogen-bond acceptors (Lipinski definition) is 2. The van der Waals surface area contributed by atoms with E-state index in [0.717, 1.165) is 14.7 Å². The molecule has 2 aromatic carbocycles. The van der Waals surface area contributed by atoms with Crippen LogP contribution in [-0.4, -0.2) is 14.2 Å². The molecule has 0 saturated heterocycles. The zero-order chi connectivity index (χ0) is 14.7. The molecule has 0 aliphatic rings. The SMILES string of the molecule is COc1ccc(C(Cl)c2ccccc2I)c(OC)c1Cl. The Morgan fingerprint density at radius 3 is 2.30 bits per heavy atom. The van der Waals surface area contributed by atoms with E-state index in [-0.39, 0.29) is 5.38 Å². The van der Waals surface area contributed by atoms with Gasteiger partial charge >= 0.3 is 0 Å². The first-order valence-electron chi connectivity index (χ1n) is 5.89. The molecule has 0 amide bonds. The molecule has 0 saturated carbocycles. The van der Waals surface area contributed by atoms with Crippen LogP contribution in [0.25, 0.3) is 0 Å². The first-order valence-corrected chi connectivity index (χ1v) is 7.78. The molecule has 2 aromatic rings. The smallest absolute Gasteiger partial charge is 0.146 e. The van der Waals surface area contributed by atoms with Crippen LogP contribution in [0.15, 0.2) is 36.4 Å². The second-order valence-corrected chi connectivity index (χ2v) is 6.06. The Morgan fingerprint density at radius 1 is 1.00 bits per heavy atom. The summed E-state index contributed by atoms with van der Waals surface area (Å²) in [6.45, 7) is 0. The van der Waals surface area contributed by atoms with Crippen LogP contribution >= 0.6 is 45.8 Å². The minimum atomic E-state index is -0.332. The first kappa shape index (κ1) is 15.7. The lowest BCUT2D eigenvalue weighted by Crippen LogP contribution is -2.01. The van der Waals surface area contributed by atoms with E-state index in [0.29, 0.717) is 16.5 Å². The van der Waals surface area contributed by atoms with Gasteiger partial charge in [0.15, 0.2) is 0 Å². The molecule has 0 aliphatic heterocycles. The summed E-state index contributed by atoms with van der Waals surface area (Å²) in [5.74, 6) is 1.12. The van der Waals surface area contributed by atoms with Gasteiger partial charge in [-0.2, -0.15) is 0 Å². The summed E-state index contributed by atoms with van der Waals surface area (Å²) in [5, 5.41) is 0.102. The Hall–Kier alpha value is -0.650. The fourth-order valence-electron chi connectivity index (χ4n) is 1.97. The van der Waals surface area contributed by atoms with Crippen LogP contribution in [0, 0.1) is 3.57 Å². The van der Waals surface area contributed by atoms with Gasteiger partial charge in [-0.05, 0) is 46.4 Å². The van der Waals surface area contributed by atoms with Crippen molar-refractivity contribution in [2.75, 3.05) is 14.2 Å². The maximum atomic E-state index is 6.60. The van der Waals surface area contributed by atoms with E-state index in [4.69, 9.17) is 32.7 Å². The second kappa shape index (κ2) is 6.87. The maximum absolute atomic E-state index is 6.60. The summed E-state index contributed by atoms with van der Waals surface area (Å²) in [7, 11) is 3.14. The van der Waals surface area contributed by atoms with Crippen LogP contribution in [0.2, 0.25) is 5.02 Å². The quantitative estimate of drug-likeness (QED) is 0.492. The summed E-state index contributed by atoms with van der Waals surface area (Å²) in [4.78, 5) is 0. The third kappa shape index (κ3) is 3.00. The van der Waals surface area contributed by atoms with Gasteiger partial charge in [0.05, 0.1) is 19.6 Å². The predicted octanol–water partition coefficient (Wildman–Crippen LogP) is 5.29. The molecule has 1 unspecified atom stereocenters. The zero-order valence-electron chi connectivity index (χ0n) is 11.0. The van der Waals surface area contributed by atoms with Crippen molar-refractivity contribution < 1.29 is 9.47 Å². The number of ether oxygens (including phenoxy) is 2. The summed E-state index contributed by atoms with van der Waals surface area (Å²) in [5.41, 5.74) is 1.85. The van der Waals surface area contributed by atoms with Gasteiger partial charge in [0, 0.05) is 9.13 Å². The molecule has 0 fully saturated rings. The van der Waals surface area contributed by atoms with Crippen LogP contribution in [-0.2, 0) is 0 Å². The average molecular weight is 423 g/mol. The van der Waals surface area contributed by atoms with Crippen LogP contribution in [0.5, 0.6) is 11.5 Å².